The molecule has 0 amide bonds. The topological polar surface area (TPSA) is 26.3 Å². The molecule has 2 aliphatic carbocycles. The first-order chi connectivity index (χ1) is 8.22. The fourth-order valence-corrected chi connectivity index (χ4v) is 3.11. The molecule has 0 saturated heterocycles. The standard InChI is InChI=1S/C15H16O2/c1-9-8-12(16)15-11(9)7-6-10-4-3-5-13(17-2)14(10)15/h3-5,9H,6-8H2,1-2H3. The predicted octanol–water partition coefficient (Wildman–Crippen LogP) is 3.00. The number of allylic oxidation sites excluding steroid dienone is 2. The third kappa shape index (κ3) is 1.43. The van der Waals surface area contributed by atoms with Crippen molar-refractivity contribution in [2.24, 2.45) is 5.92 Å². The number of benzene rings is 1. The fraction of sp³-hybridized carbons (Fsp3) is 0.400. The molecule has 1 aromatic rings. The second-order valence-corrected chi connectivity index (χ2v) is 4.92. The zero-order valence-electron chi connectivity index (χ0n) is 10.2. The van der Waals surface area contributed by atoms with Crippen LogP contribution < -0.4 is 4.74 Å². The van der Waals surface area contributed by atoms with Crippen molar-refractivity contribution in [2.45, 2.75) is 26.2 Å². The Hall–Kier alpha value is -1.57. The van der Waals surface area contributed by atoms with Crippen molar-refractivity contribution in [1.82, 2.24) is 0 Å². The molecule has 3 rings (SSSR count). The highest BCUT2D eigenvalue weighted by atomic mass is 16.5. The van der Waals surface area contributed by atoms with Gasteiger partial charge < -0.3 is 4.74 Å². The third-order valence-electron chi connectivity index (χ3n) is 3.93. The molecule has 0 radical (unpaired) electrons. The van der Waals surface area contributed by atoms with Crippen LogP contribution in [0.25, 0.3) is 5.57 Å². The number of aryl methyl sites for hydroxylation is 1. The summed E-state index contributed by atoms with van der Waals surface area (Å²) in [7, 11) is 1.67. The van der Waals surface area contributed by atoms with Gasteiger partial charge in [-0.3, -0.25) is 4.79 Å². The lowest BCUT2D eigenvalue weighted by molar-refractivity contribution is -0.113. The van der Waals surface area contributed by atoms with E-state index in [0.717, 1.165) is 29.7 Å². The molecule has 0 N–H and O–H groups in total. The smallest absolute Gasteiger partial charge is 0.164 e. The van der Waals surface area contributed by atoms with E-state index in [4.69, 9.17) is 4.74 Å². The lowest BCUT2D eigenvalue weighted by Crippen LogP contribution is -2.08. The van der Waals surface area contributed by atoms with E-state index >= 15 is 0 Å². The normalized spacial score (nSPS) is 22.5. The molecule has 1 unspecified atom stereocenters. The van der Waals surface area contributed by atoms with Gasteiger partial charge in [-0.1, -0.05) is 24.6 Å². The van der Waals surface area contributed by atoms with Crippen molar-refractivity contribution in [3.05, 3.63) is 34.9 Å². The monoisotopic (exact) mass is 228 g/mol. The van der Waals surface area contributed by atoms with Crippen LogP contribution in [0.3, 0.4) is 0 Å². The highest BCUT2D eigenvalue weighted by Crippen LogP contribution is 2.45. The van der Waals surface area contributed by atoms with E-state index in [-0.39, 0.29) is 5.78 Å². The quantitative estimate of drug-likeness (QED) is 0.738. The summed E-state index contributed by atoms with van der Waals surface area (Å²) in [6, 6.07) is 6.06. The minimum absolute atomic E-state index is 0.290. The molecule has 0 fully saturated rings. The Morgan fingerprint density at radius 1 is 1.29 bits per heavy atom. The van der Waals surface area contributed by atoms with Gasteiger partial charge in [0.2, 0.25) is 0 Å². The number of ketones is 1. The summed E-state index contributed by atoms with van der Waals surface area (Å²) in [6.45, 7) is 2.15. The van der Waals surface area contributed by atoms with Gasteiger partial charge in [-0.25, -0.2) is 0 Å². The second-order valence-electron chi connectivity index (χ2n) is 4.92. The zero-order chi connectivity index (χ0) is 12.0. The van der Waals surface area contributed by atoms with Gasteiger partial charge in [0.25, 0.3) is 0 Å². The third-order valence-corrected chi connectivity index (χ3v) is 3.93. The number of hydrogen-bond donors (Lipinski definition) is 0. The van der Waals surface area contributed by atoms with Crippen LogP contribution in [0.1, 0.15) is 30.9 Å². The first-order valence-corrected chi connectivity index (χ1v) is 6.15. The van der Waals surface area contributed by atoms with Crippen molar-refractivity contribution in [1.29, 1.82) is 0 Å². The maximum Gasteiger partial charge on any atom is 0.164 e. The van der Waals surface area contributed by atoms with Crippen LogP contribution in [0.4, 0.5) is 0 Å². The predicted molar refractivity (Wildman–Crippen MR) is 67.0 cm³/mol. The van der Waals surface area contributed by atoms with E-state index in [2.05, 4.69) is 13.0 Å². The van der Waals surface area contributed by atoms with Gasteiger partial charge in [-0.2, -0.15) is 0 Å². The van der Waals surface area contributed by atoms with Crippen LogP contribution in [0.15, 0.2) is 23.8 Å². The van der Waals surface area contributed by atoms with Crippen LogP contribution in [0, 0.1) is 5.92 Å². The molecular weight excluding hydrogens is 212 g/mol. The number of carbonyl (C=O) groups is 1. The summed E-state index contributed by atoms with van der Waals surface area (Å²) in [6.07, 6.45) is 2.73. The van der Waals surface area contributed by atoms with Gasteiger partial charge in [0.1, 0.15) is 5.75 Å². The van der Waals surface area contributed by atoms with E-state index in [1.165, 1.54) is 11.1 Å². The second kappa shape index (κ2) is 3.73. The highest BCUT2D eigenvalue weighted by Gasteiger charge is 2.35. The van der Waals surface area contributed by atoms with Gasteiger partial charge in [0.05, 0.1) is 7.11 Å². The van der Waals surface area contributed by atoms with Crippen LogP contribution in [-0.4, -0.2) is 12.9 Å². The van der Waals surface area contributed by atoms with E-state index in [9.17, 15) is 4.79 Å². The molecular formula is C15H16O2. The lowest BCUT2D eigenvalue weighted by atomic mass is 9.84. The maximum atomic E-state index is 12.1. The molecule has 0 aromatic heterocycles. The maximum absolute atomic E-state index is 12.1. The number of carbonyl (C=O) groups excluding carboxylic acids is 1. The van der Waals surface area contributed by atoms with E-state index in [1.807, 2.05) is 12.1 Å². The number of hydrogen-bond acceptors (Lipinski definition) is 2. The Kier molecular flexibility index (Phi) is 2.32. The van der Waals surface area contributed by atoms with E-state index < -0.39 is 0 Å². The van der Waals surface area contributed by atoms with E-state index in [1.54, 1.807) is 7.11 Å². The number of ether oxygens (including phenoxy) is 1. The van der Waals surface area contributed by atoms with Crippen molar-refractivity contribution >= 4 is 11.4 Å². The largest absolute Gasteiger partial charge is 0.496 e. The van der Waals surface area contributed by atoms with Crippen LogP contribution in [0.5, 0.6) is 5.75 Å². The van der Waals surface area contributed by atoms with Crippen molar-refractivity contribution < 1.29 is 9.53 Å². The molecule has 88 valence electrons. The lowest BCUT2D eigenvalue weighted by Gasteiger charge is -2.21. The molecule has 0 saturated carbocycles. The van der Waals surface area contributed by atoms with Gasteiger partial charge in [0, 0.05) is 17.6 Å². The van der Waals surface area contributed by atoms with Crippen LogP contribution >= 0.6 is 0 Å². The fourth-order valence-electron chi connectivity index (χ4n) is 3.11. The molecule has 2 heteroatoms. The van der Waals surface area contributed by atoms with Crippen LogP contribution in [-0.2, 0) is 11.2 Å². The number of Topliss-reactive ketones (excluding diaryl/α,β-unsaturated/α-hetero) is 1. The highest BCUT2D eigenvalue weighted by molar-refractivity contribution is 6.25. The minimum Gasteiger partial charge on any atom is -0.496 e. The SMILES string of the molecule is COc1cccc2c1C1=C(CC2)C(C)CC1=O. The molecule has 0 bridgehead atoms. The number of fused-ring (bicyclic) bond motifs is 2. The summed E-state index contributed by atoms with van der Waals surface area (Å²) in [5.41, 5.74) is 4.61. The molecule has 2 aliphatic rings. The first kappa shape index (κ1) is 10.6. The van der Waals surface area contributed by atoms with Gasteiger partial charge in [0.15, 0.2) is 5.78 Å². The van der Waals surface area contributed by atoms with Crippen molar-refractivity contribution in [3.8, 4) is 5.75 Å². The Bertz CT molecular complexity index is 526. The Labute approximate surface area is 101 Å². The van der Waals surface area contributed by atoms with Crippen molar-refractivity contribution in [3.63, 3.8) is 0 Å². The average molecular weight is 228 g/mol. The molecule has 0 spiro atoms. The summed E-state index contributed by atoms with van der Waals surface area (Å²) < 4.78 is 5.42. The molecule has 1 aromatic carbocycles. The first-order valence-electron chi connectivity index (χ1n) is 6.15. The Morgan fingerprint density at radius 2 is 2.12 bits per heavy atom. The number of rotatable bonds is 1. The van der Waals surface area contributed by atoms with Crippen LogP contribution in [0.2, 0.25) is 0 Å². The summed E-state index contributed by atoms with van der Waals surface area (Å²) >= 11 is 0. The molecule has 0 heterocycles. The summed E-state index contributed by atoms with van der Waals surface area (Å²) in [5.74, 6) is 1.55. The average Bonchev–Trinajstić information content (AvgIpc) is 2.64. The number of methoxy groups -OCH3 is 1. The Balaban J connectivity index is 2.25. The molecule has 0 aliphatic heterocycles. The van der Waals surface area contributed by atoms with Gasteiger partial charge >= 0.3 is 0 Å². The Morgan fingerprint density at radius 3 is 2.88 bits per heavy atom. The van der Waals surface area contributed by atoms with Crippen molar-refractivity contribution in [2.75, 3.05) is 7.11 Å². The van der Waals surface area contributed by atoms with E-state index in [0.29, 0.717) is 12.3 Å². The minimum atomic E-state index is 0.290. The van der Waals surface area contributed by atoms with Gasteiger partial charge in [-0.05, 0) is 30.4 Å². The summed E-state index contributed by atoms with van der Waals surface area (Å²) in [4.78, 5) is 12.1. The zero-order valence-corrected chi connectivity index (χ0v) is 10.2. The molecule has 2 nitrogen and oxygen atoms in total. The molecule has 1 atom stereocenters. The summed E-state index contributed by atoms with van der Waals surface area (Å²) in [5, 5.41) is 0. The molecule has 17 heavy (non-hydrogen) atoms. The van der Waals surface area contributed by atoms with Gasteiger partial charge in [-0.15, -0.1) is 0 Å².